The molecule has 0 aliphatic carbocycles. The number of aromatic nitrogens is 1. The van der Waals surface area contributed by atoms with Crippen molar-refractivity contribution >= 4 is 35.1 Å². The van der Waals surface area contributed by atoms with Gasteiger partial charge in [-0.25, -0.2) is 4.98 Å². The molecule has 0 N–H and O–H groups in total. The Morgan fingerprint density at radius 1 is 1.28 bits per heavy atom. The van der Waals surface area contributed by atoms with E-state index in [0.717, 1.165) is 21.6 Å². The summed E-state index contributed by atoms with van der Waals surface area (Å²) in [7, 11) is 0. The van der Waals surface area contributed by atoms with E-state index in [9.17, 15) is 0 Å². The highest BCUT2D eigenvalue weighted by Crippen LogP contribution is 2.42. The highest BCUT2D eigenvalue weighted by molar-refractivity contribution is 8.00. The third-order valence-corrected chi connectivity index (χ3v) is 5.78. The minimum absolute atomic E-state index is 0.606. The van der Waals surface area contributed by atoms with E-state index in [2.05, 4.69) is 29.2 Å². The zero-order chi connectivity index (χ0) is 12.4. The van der Waals surface area contributed by atoms with Gasteiger partial charge in [0.25, 0.3) is 0 Å². The van der Waals surface area contributed by atoms with Crippen LogP contribution < -0.4 is 0 Å². The van der Waals surface area contributed by atoms with Gasteiger partial charge in [0.2, 0.25) is 0 Å². The molecular formula is C14H12ClNS2. The van der Waals surface area contributed by atoms with Crippen LogP contribution in [-0.2, 0) is 0 Å². The second-order valence-electron chi connectivity index (χ2n) is 4.15. The summed E-state index contributed by atoms with van der Waals surface area (Å²) in [6.45, 7) is 0. The summed E-state index contributed by atoms with van der Waals surface area (Å²) in [5.74, 6) is 2.81. The average Bonchev–Trinajstić information content (AvgIpc) is 2.81. The molecule has 0 fully saturated rings. The van der Waals surface area contributed by atoms with Gasteiger partial charge >= 0.3 is 0 Å². The van der Waals surface area contributed by atoms with E-state index in [-0.39, 0.29) is 0 Å². The Bertz CT molecular complexity index is 559. The molecular weight excluding hydrogens is 282 g/mol. The van der Waals surface area contributed by atoms with E-state index in [1.54, 1.807) is 18.0 Å². The maximum absolute atomic E-state index is 6.12. The predicted molar refractivity (Wildman–Crippen MR) is 79.9 cm³/mol. The highest BCUT2D eigenvalue weighted by Gasteiger charge is 2.22. The van der Waals surface area contributed by atoms with Crippen LogP contribution in [0.5, 0.6) is 0 Å². The number of fused-ring (bicyclic) bond motifs is 1. The standard InChI is InChI=1S/C14H12ClNS2/c15-12-5-3-7-16-14(12)18-9-10-8-17-13-6-2-1-4-11(10)13/h1-7,10H,8-9H2. The van der Waals surface area contributed by atoms with Crippen molar-refractivity contribution in [1.29, 1.82) is 0 Å². The third kappa shape index (κ3) is 2.53. The van der Waals surface area contributed by atoms with Crippen molar-refractivity contribution < 1.29 is 0 Å². The van der Waals surface area contributed by atoms with Crippen molar-refractivity contribution in [2.45, 2.75) is 15.8 Å². The molecule has 1 aromatic heterocycles. The summed E-state index contributed by atoms with van der Waals surface area (Å²) >= 11 is 9.82. The van der Waals surface area contributed by atoms with Crippen LogP contribution in [0.1, 0.15) is 11.5 Å². The number of pyridine rings is 1. The zero-order valence-electron chi connectivity index (χ0n) is 9.67. The molecule has 1 aromatic carbocycles. The number of hydrogen-bond donors (Lipinski definition) is 0. The average molecular weight is 294 g/mol. The number of rotatable bonds is 3. The van der Waals surface area contributed by atoms with Gasteiger partial charge in [0.05, 0.1) is 5.02 Å². The van der Waals surface area contributed by atoms with Crippen LogP contribution in [0.25, 0.3) is 0 Å². The Morgan fingerprint density at radius 3 is 3.06 bits per heavy atom. The fraction of sp³-hybridized carbons (Fsp3) is 0.214. The second-order valence-corrected chi connectivity index (χ2v) is 6.62. The van der Waals surface area contributed by atoms with E-state index >= 15 is 0 Å². The number of thioether (sulfide) groups is 2. The molecule has 1 atom stereocenters. The molecule has 4 heteroatoms. The van der Waals surface area contributed by atoms with Gasteiger partial charge in [-0.1, -0.05) is 29.8 Å². The first kappa shape index (κ1) is 12.4. The maximum Gasteiger partial charge on any atom is 0.115 e. The monoisotopic (exact) mass is 293 g/mol. The molecule has 92 valence electrons. The number of hydrogen-bond acceptors (Lipinski definition) is 3. The van der Waals surface area contributed by atoms with E-state index < -0.39 is 0 Å². The van der Waals surface area contributed by atoms with Gasteiger partial charge in [-0.15, -0.1) is 23.5 Å². The van der Waals surface area contributed by atoms with Crippen molar-refractivity contribution in [3.63, 3.8) is 0 Å². The number of nitrogens with zero attached hydrogens (tertiary/aromatic N) is 1. The minimum Gasteiger partial charge on any atom is -0.248 e. The fourth-order valence-electron chi connectivity index (χ4n) is 2.02. The lowest BCUT2D eigenvalue weighted by atomic mass is 10.0. The van der Waals surface area contributed by atoms with Crippen LogP contribution in [-0.4, -0.2) is 16.5 Å². The normalized spacial score (nSPS) is 17.7. The van der Waals surface area contributed by atoms with Crippen LogP contribution >= 0.6 is 35.1 Å². The van der Waals surface area contributed by atoms with Gasteiger partial charge in [-0.05, 0) is 23.8 Å². The van der Waals surface area contributed by atoms with Crippen LogP contribution in [0.3, 0.4) is 0 Å². The molecule has 18 heavy (non-hydrogen) atoms. The predicted octanol–water partition coefficient (Wildman–Crippen LogP) is 4.72. The fourth-order valence-corrected chi connectivity index (χ4v) is 4.71. The first-order chi connectivity index (χ1) is 8.84. The summed E-state index contributed by atoms with van der Waals surface area (Å²) < 4.78 is 0. The number of benzene rings is 1. The quantitative estimate of drug-likeness (QED) is 0.760. The topological polar surface area (TPSA) is 12.9 Å². The second kappa shape index (κ2) is 5.55. The lowest BCUT2D eigenvalue weighted by Crippen LogP contribution is -2.00. The molecule has 1 unspecified atom stereocenters. The Morgan fingerprint density at radius 2 is 2.17 bits per heavy atom. The molecule has 0 saturated carbocycles. The van der Waals surface area contributed by atoms with E-state index in [0.29, 0.717) is 5.92 Å². The molecule has 0 radical (unpaired) electrons. The first-order valence-corrected chi connectivity index (χ1v) is 8.14. The Kier molecular flexibility index (Phi) is 3.83. The van der Waals surface area contributed by atoms with Crippen LogP contribution in [0.15, 0.2) is 52.5 Å². The van der Waals surface area contributed by atoms with Gasteiger partial charge in [-0.2, -0.15) is 0 Å². The molecule has 1 aliphatic rings. The summed E-state index contributed by atoms with van der Waals surface area (Å²) in [4.78, 5) is 5.75. The van der Waals surface area contributed by atoms with Crippen molar-refractivity contribution in [2.24, 2.45) is 0 Å². The molecule has 0 bridgehead atoms. The molecule has 3 rings (SSSR count). The minimum atomic E-state index is 0.606. The maximum atomic E-state index is 6.12. The highest BCUT2D eigenvalue weighted by atomic mass is 35.5. The Balaban J connectivity index is 1.71. The lowest BCUT2D eigenvalue weighted by molar-refractivity contribution is 0.894. The van der Waals surface area contributed by atoms with Gasteiger partial charge in [0.15, 0.2) is 0 Å². The summed E-state index contributed by atoms with van der Waals surface area (Å²) in [6.07, 6.45) is 1.80. The smallest absolute Gasteiger partial charge is 0.115 e. The van der Waals surface area contributed by atoms with Gasteiger partial charge < -0.3 is 0 Å². The molecule has 0 spiro atoms. The van der Waals surface area contributed by atoms with E-state index in [1.165, 1.54) is 10.5 Å². The molecule has 0 saturated heterocycles. The van der Waals surface area contributed by atoms with Gasteiger partial charge in [-0.3, -0.25) is 0 Å². The zero-order valence-corrected chi connectivity index (χ0v) is 12.1. The van der Waals surface area contributed by atoms with Crippen molar-refractivity contribution in [3.8, 4) is 0 Å². The Hall–Kier alpha value is -0.640. The van der Waals surface area contributed by atoms with Crippen LogP contribution in [0.4, 0.5) is 0 Å². The van der Waals surface area contributed by atoms with E-state index in [4.69, 9.17) is 11.6 Å². The van der Waals surface area contributed by atoms with Crippen molar-refractivity contribution in [2.75, 3.05) is 11.5 Å². The first-order valence-electron chi connectivity index (χ1n) is 5.79. The van der Waals surface area contributed by atoms with Gasteiger partial charge in [0.1, 0.15) is 5.03 Å². The number of halogens is 1. The van der Waals surface area contributed by atoms with Gasteiger partial charge in [0, 0.05) is 28.5 Å². The van der Waals surface area contributed by atoms with Crippen LogP contribution in [0.2, 0.25) is 5.02 Å². The largest absolute Gasteiger partial charge is 0.248 e. The van der Waals surface area contributed by atoms with Crippen molar-refractivity contribution in [1.82, 2.24) is 4.98 Å². The summed E-state index contributed by atoms with van der Waals surface area (Å²) in [5.41, 5.74) is 1.47. The van der Waals surface area contributed by atoms with E-state index in [1.807, 2.05) is 23.9 Å². The van der Waals surface area contributed by atoms with Crippen LogP contribution in [0, 0.1) is 0 Å². The Labute approximate surface area is 120 Å². The molecule has 1 aliphatic heterocycles. The molecule has 0 amide bonds. The molecule has 1 nitrogen and oxygen atoms in total. The molecule has 2 heterocycles. The lowest BCUT2D eigenvalue weighted by Gasteiger charge is -2.10. The SMILES string of the molecule is Clc1cccnc1SCC1CSc2ccccc21. The summed E-state index contributed by atoms with van der Waals surface area (Å²) in [5, 5.41) is 1.69. The third-order valence-electron chi connectivity index (χ3n) is 2.94. The molecule has 2 aromatic rings. The van der Waals surface area contributed by atoms with Crippen molar-refractivity contribution in [3.05, 3.63) is 53.2 Å². The summed E-state index contributed by atoms with van der Waals surface area (Å²) in [6, 6.07) is 12.4.